The van der Waals surface area contributed by atoms with Crippen LogP contribution in [0, 0.1) is 5.92 Å². The second kappa shape index (κ2) is 12.3. The number of aliphatic hydroxyl groups excluding tert-OH is 1. The Hall–Kier alpha value is -3.26. The molecule has 0 saturated carbocycles. The SMILES string of the molecule is COc1ccc(CC(CC(O)C(Cc2ccccc2)NC(=O)OC(C)(C)C)C(=O)O)c(OC)c1. The van der Waals surface area contributed by atoms with Crippen molar-refractivity contribution >= 4 is 12.1 Å². The van der Waals surface area contributed by atoms with Crippen molar-refractivity contribution in [3.63, 3.8) is 0 Å². The van der Waals surface area contributed by atoms with E-state index in [9.17, 15) is 19.8 Å². The van der Waals surface area contributed by atoms with Crippen molar-refractivity contribution in [3.05, 3.63) is 59.7 Å². The topological polar surface area (TPSA) is 114 Å². The average molecular weight is 474 g/mol. The number of hydrogen-bond acceptors (Lipinski definition) is 6. The highest BCUT2D eigenvalue weighted by Gasteiger charge is 2.30. The lowest BCUT2D eigenvalue weighted by Gasteiger charge is -2.28. The summed E-state index contributed by atoms with van der Waals surface area (Å²) in [6.07, 6.45) is -1.41. The van der Waals surface area contributed by atoms with Gasteiger partial charge in [-0.3, -0.25) is 4.79 Å². The van der Waals surface area contributed by atoms with Crippen LogP contribution in [0.5, 0.6) is 11.5 Å². The highest BCUT2D eigenvalue weighted by atomic mass is 16.6. The molecule has 3 atom stereocenters. The van der Waals surface area contributed by atoms with Crippen molar-refractivity contribution in [2.75, 3.05) is 14.2 Å². The summed E-state index contributed by atoms with van der Waals surface area (Å²) >= 11 is 0. The van der Waals surface area contributed by atoms with Gasteiger partial charge in [-0.1, -0.05) is 36.4 Å². The van der Waals surface area contributed by atoms with Crippen LogP contribution >= 0.6 is 0 Å². The average Bonchev–Trinajstić information content (AvgIpc) is 2.77. The van der Waals surface area contributed by atoms with E-state index in [0.29, 0.717) is 23.5 Å². The molecular formula is C26H35NO7. The van der Waals surface area contributed by atoms with Gasteiger partial charge in [-0.15, -0.1) is 0 Å². The fourth-order valence-corrected chi connectivity index (χ4v) is 3.62. The number of amides is 1. The number of carboxylic acids is 1. The monoisotopic (exact) mass is 473 g/mol. The van der Waals surface area contributed by atoms with Crippen molar-refractivity contribution < 1.29 is 34.0 Å². The quantitative estimate of drug-likeness (QED) is 0.454. The van der Waals surface area contributed by atoms with Crippen molar-refractivity contribution in [1.82, 2.24) is 5.32 Å². The predicted octanol–water partition coefficient (Wildman–Crippen LogP) is 3.83. The zero-order chi connectivity index (χ0) is 25.3. The van der Waals surface area contributed by atoms with Gasteiger partial charge in [0.05, 0.1) is 32.3 Å². The van der Waals surface area contributed by atoms with Gasteiger partial charge in [-0.25, -0.2) is 4.79 Å². The van der Waals surface area contributed by atoms with Crippen molar-refractivity contribution in [2.24, 2.45) is 5.92 Å². The number of carbonyl (C=O) groups excluding carboxylic acids is 1. The summed E-state index contributed by atoms with van der Waals surface area (Å²) < 4.78 is 15.9. The van der Waals surface area contributed by atoms with E-state index >= 15 is 0 Å². The van der Waals surface area contributed by atoms with E-state index in [2.05, 4.69) is 5.32 Å². The molecule has 0 spiro atoms. The molecule has 0 heterocycles. The van der Waals surface area contributed by atoms with Crippen molar-refractivity contribution in [3.8, 4) is 11.5 Å². The third kappa shape index (κ3) is 8.59. The molecule has 0 saturated heterocycles. The molecule has 2 rings (SSSR count). The van der Waals surface area contributed by atoms with Crippen LogP contribution in [0.2, 0.25) is 0 Å². The Kier molecular flexibility index (Phi) is 9.74. The van der Waals surface area contributed by atoms with Gasteiger partial charge in [0.2, 0.25) is 0 Å². The van der Waals surface area contributed by atoms with Gasteiger partial charge < -0.3 is 29.7 Å². The Morgan fingerprint density at radius 3 is 2.24 bits per heavy atom. The van der Waals surface area contributed by atoms with Crippen LogP contribution in [-0.2, 0) is 22.4 Å². The number of hydrogen-bond donors (Lipinski definition) is 3. The minimum absolute atomic E-state index is 0.0716. The zero-order valence-electron chi connectivity index (χ0n) is 20.4. The molecule has 0 fully saturated rings. The Morgan fingerprint density at radius 2 is 1.68 bits per heavy atom. The second-order valence-electron chi connectivity index (χ2n) is 9.16. The van der Waals surface area contributed by atoms with Gasteiger partial charge in [0, 0.05) is 6.07 Å². The highest BCUT2D eigenvalue weighted by molar-refractivity contribution is 5.71. The summed E-state index contributed by atoms with van der Waals surface area (Å²) in [5, 5.41) is 23.6. The molecule has 34 heavy (non-hydrogen) atoms. The normalized spacial score (nSPS) is 13.9. The lowest BCUT2D eigenvalue weighted by molar-refractivity contribution is -0.143. The molecule has 3 unspecified atom stereocenters. The number of methoxy groups -OCH3 is 2. The maximum absolute atomic E-state index is 12.4. The van der Waals surface area contributed by atoms with E-state index in [1.165, 1.54) is 14.2 Å². The molecule has 2 aromatic rings. The number of rotatable bonds is 11. The van der Waals surface area contributed by atoms with E-state index < -0.39 is 35.7 Å². The van der Waals surface area contributed by atoms with Gasteiger partial charge in [-0.2, -0.15) is 0 Å². The third-order valence-corrected chi connectivity index (χ3v) is 5.30. The van der Waals surface area contributed by atoms with E-state index in [1.54, 1.807) is 39.0 Å². The summed E-state index contributed by atoms with van der Waals surface area (Å²) in [6.45, 7) is 5.24. The number of nitrogens with one attached hydrogen (secondary N) is 1. The van der Waals surface area contributed by atoms with Gasteiger partial charge in [0.15, 0.2) is 0 Å². The van der Waals surface area contributed by atoms with E-state index in [0.717, 1.165) is 5.56 Å². The summed E-state index contributed by atoms with van der Waals surface area (Å²) in [6, 6.07) is 13.8. The number of aliphatic carboxylic acids is 1. The standard InChI is InChI=1S/C26H35NO7/c1-26(2,3)34-25(31)27-21(13-17-9-7-6-8-10-17)22(28)15-19(24(29)30)14-18-11-12-20(32-4)16-23(18)33-5/h6-12,16,19,21-22,28H,13-15H2,1-5H3,(H,27,31)(H,29,30). The van der Waals surface area contributed by atoms with Crippen molar-refractivity contribution in [2.45, 2.75) is 57.8 Å². The van der Waals surface area contributed by atoms with Gasteiger partial charge in [0.25, 0.3) is 0 Å². The molecule has 8 heteroatoms. The Balaban J connectivity index is 2.21. The third-order valence-electron chi connectivity index (χ3n) is 5.30. The van der Waals surface area contributed by atoms with Crippen LogP contribution in [0.1, 0.15) is 38.3 Å². The fourth-order valence-electron chi connectivity index (χ4n) is 3.62. The maximum atomic E-state index is 12.4. The number of carbonyl (C=O) groups is 2. The molecule has 1 amide bonds. The molecule has 0 bridgehead atoms. The Bertz CT molecular complexity index is 940. The molecular weight excluding hydrogens is 438 g/mol. The first-order chi connectivity index (χ1) is 16.0. The summed E-state index contributed by atoms with van der Waals surface area (Å²) in [4.78, 5) is 24.5. The van der Waals surface area contributed by atoms with Crippen molar-refractivity contribution in [1.29, 1.82) is 0 Å². The molecule has 0 aliphatic carbocycles. The van der Waals surface area contributed by atoms with Gasteiger partial charge in [-0.05, 0) is 57.2 Å². The summed E-state index contributed by atoms with van der Waals surface area (Å²) in [5.74, 6) is -0.853. The second-order valence-corrected chi connectivity index (χ2v) is 9.16. The number of aliphatic hydroxyl groups is 1. The number of carboxylic acid groups (broad SMARTS) is 1. The molecule has 0 aliphatic rings. The first-order valence-electron chi connectivity index (χ1n) is 11.2. The van der Waals surface area contributed by atoms with Crippen LogP contribution in [-0.4, -0.2) is 54.2 Å². The maximum Gasteiger partial charge on any atom is 0.407 e. The minimum Gasteiger partial charge on any atom is -0.497 e. The number of benzene rings is 2. The summed E-state index contributed by atoms with van der Waals surface area (Å²) in [7, 11) is 3.04. The number of alkyl carbamates (subject to hydrolysis) is 1. The lowest BCUT2D eigenvalue weighted by atomic mass is 9.89. The Morgan fingerprint density at radius 1 is 1.00 bits per heavy atom. The van der Waals surface area contributed by atoms with Gasteiger partial charge in [0.1, 0.15) is 17.1 Å². The molecule has 0 aliphatic heterocycles. The van der Waals surface area contributed by atoms with Crippen LogP contribution in [0.3, 0.4) is 0 Å². The predicted molar refractivity (Wildman–Crippen MR) is 128 cm³/mol. The van der Waals surface area contributed by atoms with E-state index in [4.69, 9.17) is 14.2 Å². The zero-order valence-corrected chi connectivity index (χ0v) is 20.4. The first-order valence-corrected chi connectivity index (χ1v) is 11.2. The van der Waals surface area contributed by atoms with Gasteiger partial charge >= 0.3 is 12.1 Å². The smallest absolute Gasteiger partial charge is 0.407 e. The van der Waals surface area contributed by atoms with Crippen LogP contribution in [0.15, 0.2) is 48.5 Å². The van der Waals surface area contributed by atoms with E-state index in [-0.39, 0.29) is 12.8 Å². The van der Waals surface area contributed by atoms with Crippen LogP contribution in [0.25, 0.3) is 0 Å². The molecule has 186 valence electrons. The largest absolute Gasteiger partial charge is 0.497 e. The molecule has 8 nitrogen and oxygen atoms in total. The molecule has 3 N–H and O–H groups in total. The summed E-state index contributed by atoms with van der Waals surface area (Å²) in [5.41, 5.74) is 0.870. The Labute approximate surface area is 200 Å². The lowest BCUT2D eigenvalue weighted by Crippen LogP contribution is -2.47. The molecule has 0 aromatic heterocycles. The minimum atomic E-state index is -1.13. The first kappa shape index (κ1) is 27.0. The van der Waals surface area contributed by atoms with Crippen LogP contribution < -0.4 is 14.8 Å². The molecule has 0 radical (unpaired) electrons. The van der Waals surface area contributed by atoms with Crippen LogP contribution in [0.4, 0.5) is 4.79 Å². The molecule has 2 aromatic carbocycles. The van der Waals surface area contributed by atoms with E-state index in [1.807, 2.05) is 30.3 Å². The highest BCUT2D eigenvalue weighted by Crippen LogP contribution is 2.28. The number of ether oxygens (including phenoxy) is 3. The fraction of sp³-hybridized carbons (Fsp3) is 0.462.